The maximum Gasteiger partial charge on any atom is 0.251 e. The van der Waals surface area contributed by atoms with Gasteiger partial charge in [0.25, 0.3) is 5.91 Å². The van der Waals surface area contributed by atoms with E-state index < -0.39 is 0 Å². The first kappa shape index (κ1) is 21.9. The first-order valence-electron chi connectivity index (χ1n) is 11.1. The molecule has 1 saturated heterocycles. The van der Waals surface area contributed by atoms with Crippen molar-refractivity contribution in [1.29, 1.82) is 0 Å². The maximum atomic E-state index is 12.6. The quantitative estimate of drug-likeness (QED) is 0.570. The van der Waals surface area contributed by atoms with Gasteiger partial charge in [-0.15, -0.1) is 0 Å². The SMILES string of the molecule is COc1ccc(CN2CCC[C@@H](CNC(=O)c3ccc(-c4ccccc4)cc3)C2)cc1O. The number of phenolic OH excluding ortho intramolecular Hbond substituents is 1. The lowest BCUT2D eigenvalue weighted by Crippen LogP contribution is -2.40. The summed E-state index contributed by atoms with van der Waals surface area (Å²) in [5.74, 6) is 1.05. The van der Waals surface area contributed by atoms with Crippen LogP contribution in [0, 0.1) is 5.92 Å². The van der Waals surface area contributed by atoms with Crippen LogP contribution in [-0.4, -0.2) is 42.7 Å². The molecular formula is C27H30N2O3. The molecule has 2 N–H and O–H groups in total. The van der Waals surface area contributed by atoms with Crippen molar-refractivity contribution in [3.63, 3.8) is 0 Å². The molecule has 0 radical (unpaired) electrons. The predicted molar refractivity (Wildman–Crippen MR) is 127 cm³/mol. The Kier molecular flexibility index (Phi) is 7.07. The van der Waals surface area contributed by atoms with E-state index in [1.165, 1.54) is 0 Å². The number of phenols is 1. The summed E-state index contributed by atoms with van der Waals surface area (Å²) in [6.45, 7) is 3.41. The minimum absolute atomic E-state index is 0.0261. The molecule has 0 unspecified atom stereocenters. The molecule has 1 aliphatic heterocycles. The molecule has 5 heteroatoms. The third-order valence-corrected chi connectivity index (χ3v) is 6.06. The van der Waals surface area contributed by atoms with Gasteiger partial charge in [-0.2, -0.15) is 0 Å². The lowest BCUT2D eigenvalue weighted by molar-refractivity contribution is 0.0930. The minimum Gasteiger partial charge on any atom is -0.504 e. The van der Waals surface area contributed by atoms with E-state index in [1.807, 2.05) is 48.5 Å². The Morgan fingerprint density at radius 3 is 2.53 bits per heavy atom. The van der Waals surface area contributed by atoms with Crippen LogP contribution in [0.15, 0.2) is 72.8 Å². The van der Waals surface area contributed by atoms with Gasteiger partial charge in [0, 0.05) is 25.2 Å². The largest absolute Gasteiger partial charge is 0.504 e. The second-order valence-corrected chi connectivity index (χ2v) is 8.40. The molecule has 166 valence electrons. The van der Waals surface area contributed by atoms with Crippen molar-refractivity contribution in [3.05, 3.63) is 83.9 Å². The second-order valence-electron chi connectivity index (χ2n) is 8.40. The van der Waals surface area contributed by atoms with Gasteiger partial charge in [0.2, 0.25) is 0 Å². The van der Waals surface area contributed by atoms with Crippen molar-refractivity contribution in [1.82, 2.24) is 10.2 Å². The summed E-state index contributed by atoms with van der Waals surface area (Å²) in [6.07, 6.45) is 2.21. The van der Waals surface area contributed by atoms with Gasteiger partial charge in [-0.3, -0.25) is 9.69 Å². The van der Waals surface area contributed by atoms with Crippen molar-refractivity contribution >= 4 is 5.91 Å². The van der Waals surface area contributed by atoms with Crippen LogP contribution < -0.4 is 10.1 Å². The highest BCUT2D eigenvalue weighted by molar-refractivity contribution is 5.94. The number of piperidine rings is 1. The van der Waals surface area contributed by atoms with E-state index >= 15 is 0 Å². The Balaban J connectivity index is 1.29. The molecule has 1 heterocycles. The number of benzene rings is 3. The van der Waals surface area contributed by atoms with Gasteiger partial charge in [0.15, 0.2) is 11.5 Å². The molecule has 0 aromatic heterocycles. The molecule has 1 atom stereocenters. The number of likely N-dealkylation sites (tertiary alicyclic amines) is 1. The fraction of sp³-hybridized carbons (Fsp3) is 0.296. The highest BCUT2D eigenvalue weighted by atomic mass is 16.5. The molecule has 0 saturated carbocycles. The van der Waals surface area contributed by atoms with E-state index in [1.54, 1.807) is 19.2 Å². The van der Waals surface area contributed by atoms with Crippen molar-refractivity contribution in [2.45, 2.75) is 19.4 Å². The molecular weight excluding hydrogens is 400 g/mol. The van der Waals surface area contributed by atoms with Crippen LogP contribution in [0.1, 0.15) is 28.8 Å². The summed E-state index contributed by atoms with van der Waals surface area (Å²) in [5, 5.41) is 13.1. The van der Waals surface area contributed by atoms with E-state index in [2.05, 4.69) is 22.3 Å². The van der Waals surface area contributed by atoms with Gasteiger partial charge >= 0.3 is 0 Å². The maximum absolute atomic E-state index is 12.6. The van der Waals surface area contributed by atoms with Crippen molar-refractivity contribution < 1.29 is 14.6 Å². The van der Waals surface area contributed by atoms with Gasteiger partial charge < -0.3 is 15.2 Å². The summed E-state index contributed by atoms with van der Waals surface area (Å²) in [6, 6.07) is 23.5. The van der Waals surface area contributed by atoms with Gasteiger partial charge in [-0.1, -0.05) is 48.5 Å². The summed E-state index contributed by atoms with van der Waals surface area (Å²) in [5.41, 5.74) is 4.00. The molecule has 1 amide bonds. The molecule has 1 fully saturated rings. The molecule has 0 bridgehead atoms. The van der Waals surface area contributed by atoms with Crippen molar-refractivity contribution in [2.75, 3.05) is 26.7 Å². The Morgan fingerprint density at radius 2 is 1.81 bits per heavy atom. The zero-order valence-corrected chi connectivity index (χ0v) is 18.5. The van der Waals surface area contributed by atoms with E-state index in [0.717, 1.165) is 49.2 Å². The van der Waals surface area contributed by atoms with Crippen LogP contribution in [0.3, 0.4) is 0 Å². The third-order valence-electron chi connectivity index (χ3n) is 6.06. The number of aromatic hydroxyl groups is 1. The lowest BCUT2D eigenvalue weighted by atomic mass is 9.97. The van der Waals surface area contributed by atoms with Crippen LogP contribution in [-0.2, 0) is 6.54 Å². The smallest absolute Gasteiger partial charge is 0.251 e. The number of nitrogens with one attached hydrogen (secondary N) is 1. The molecule has 0 spiro atoms. The molecule has 5 nitrogen and oxygen atoms in total. The number of carbonyl (C=O) groups excluding carboxylic acids is 1. The average molecular weight is 431 g/mol. The van der Waals surface area contributed by atoms with E-state index in [9.17, 15) is 9.90 Å². The Labute approximate surface area is 189 Å². The zero-order chi connectivity index (χ0) is 22.3. The number of methoxy groups -OCH3 is 1. The molecule has 32 heavy (non-hydrogen) atoms. The predicted octanol–water partition coefficient (Wildman–Crippen LogP) is 4.71. The van der Waals surface area contributed by atoms with Crippen LogP contribution >= 0.6 is 0 Å². The van der Waals surface area contributed by atoms with Gasteiger partial charge in [-0.05, 0) is 66.3 Å². The molecule has 1 aliphatic rings. The fourth-order valence-corrected chi connectivity index (χ4v) is 4.34. The standard InChI is InChI=1S/C27H30N2O3/c1-32-26-14-9-20(16-25(26)30)18-29-15-5-6-21(19-29)17-28-27(31)24-12-10-23(11-13-24)22-7-3-2-4-8-22/h2-4,7-14,16,21,30H,5-6,15,17-19H2,1H3,(H,28,31)/t21-/m0/s1. The number of rotatable bonds is 7. The molecule has 4 rings (SSSR count). The Hall–Kier alpha value is -3.31. The minimum atomic E-state index is -0.0261. The number of hydrogen-bond acceptors (Lipinski definition) is 4. The first-order valence-corrected chi connectivity index (χ1v) is 11.1. The van der Waals surface area contributed by atoms with Crippen LogP contribution in [0.25, 0.3) is 11.1 Å². The van der Waals surface area contributed by atoms with Gasteiger partial charge in [0.05, 0.1) is 7.11 Å². The topological polar surface area (TPSA) is 61.8 Å². The first-order chi connectivity index (χ1) is 15.6. The van der Waals surface area contributed by atoms with E-state index in [0.29, 0.717) is 23.8 Å². The summed E-state index contributed by atoms with van der Waals surface area (Å²) < 4.78 is 5.12. The average Bonchev–Trinajstić information content (AvgIpc) is 2.83. The second kappa shape index (κ2) is 10.3. The van der Waals surface area contributed by atoms with Crippen LogP contribution in [0.5, 0.6) is 11.5 Å². The third kappa shape index (κ3) is 5.48. The number of carbonyl (C=O) groups is 1. The Morgan fingerprint density at radius 1 is 1.06 bits per heavy atom. The van der Waals surface area contributed by atoms with E-state index in [-0.39, 0.29) is 11.7 Å². The monoisotopic (exact) mass is 430 g/mol. The summed E-state index contributed by atoms with van der Waals surface area (Å²) in [7, 11) is 1.55. The van der Waals surface area contributed by atoms with Gasteiger partial charge in [0.1, 0.15) is 0 Å². The number of amides is 1. The lowest BCUT2D eigenvalue weighted by Gasteiger charge is -2.33. The highest BCUT2D eigenvalue weighted by Crippen LogP contribution is 2.27. The van der Waals surface area contributed by atoms with Crippen molar-refractivity contribution in [2.24, 2.45) is 5.92 Å². The molecule has 0 aliphatic carbocycles. The molecule has 3 aromatic carbocycles. The zero-order valence-electron chi connectivity index (χ0n) is 18.5. The Bertz CT molecular complexity index is 1030. The van der Waals surface area contributed by atoms with Crippen LogP contribution in [0.4, 0.5) is 0 Å². The van der Waals surface area contributed by atoms with Gasteiger partial charge in [-0.25, -0.2) is 0 Å². The normalized spacial score (nSPS) is 16.5. The van der Waals surface area contributed by atoms with Crippen LogP contribution in [0.2, 0.25) is 0 Å². The summed E-state index contributed by atoms with van der Waals surface area (Å²) in [4.78, 5) is 15.0. The van der Waals surface area contributed by atoms with Crippen molar-refractivity contribution in [3.8, 4) is 22.6 Å². The highest BCUT2D eigenvalue weighted by Gasteiger charge is 2.21. The number of hydrogen-bond donors (Lipinski definition) is 2. The number of nitrogens with zero attached hydrogens (tertiary/aromatic N) is 1. The van der Waals surface area contributed by atoms with E-state index in [4.69, 9.17) is 4.74 Å². The number of ether oxygens (including phenoxy) is 1. The molecule has 3 aromatic rings. The summed E-state index contributed by atoms with van der Waals surface area (Å²) >= 11 is 0. The fourth-order valence-electron chi connectivity index (χ4n) is 4.34.